The van der Waals surface area contributed by atoms with Crippen LogP contribution in [0.3, 0.4) is 0 Å². The van der Waals surface area contributed by atoms with Crippen LogP contribution in [0.2, 0.25) is 0 Å². The van der Waals surface area contributed by atoms with Crippen LogP contribution in [0.25, 0.3) is 65.5 Å². The van der Waals surface area contributed by atoms with Gasteiger partial charge in [-0.25, -0.2) is 0 Å². The van der Waals surface area contributed by atoms with E-state index in [4.69, 9.17) is 0 Å². The molecule has 1 nitrogen and oxygen atoms in total. The molecule has 0 saturated carbocycles. The van der Waals surface area contributed by atoms with Crippen LogP contribution < -0.4 is 0 Å². The summed E-state index contributed by atoms with van der Waals surface area (Å²) in [5.41, 5.74) is 8.94. The van der Waals surface area contributed by atoms with Crippen LogP contribution in [0.5, 0.6) is 0 Å². The fourth-order valence-electron chi connectivity index (χ4n) is 6.57. The molecule has 0 atom stereocenters. The average Bonchev–Trinajstić information content (AvgIpc) is 3.17. The number of rotatable bonds is 1. The fourth-order valence-corrected chi connectivity index (χ4v) is 6.57. The maximum Gasteiger partial charge on any atom is 0.0705 e. The van der Waals surface area contributed by atoms with E-state index in [9.17, 15) is 0 Å². The second kappa shape index (κ2) is 7.27. The predicted molar refractivity (Wildman–Crippen MR) is 157 cm³/mol. The lowest BCUT2D eigenvalue weighted by molar-refractivity contribution is 0.661. The Labute approximate surface area is 216 Å². The van der Waals surface area contributed by atoms with E-state index in [-0.39, 0.29) is 5.41 Å². The Balaban J connectivity index is 1.35. The smallest absolute Gasteiger partial charge is 0.0705 e. The number of hydrogen-bond donors (Lipinski definition) is 0. The van der Waals surface area contributed by atoms with Crippen LogP contribution >= 0.6 is 0 Å². The van der Waals surface area contributed by atoms with Gasteiger partial charge in [0.05, 0.1) is 5.52 Å². The molecule has 0 saturated heterocycles. The molecule has 0 bridgehead atoms. The van der Waals surface area contributed by atoms with Crippen molar-refractivity contribution in [2.45, 2.75) is 19.3 Å². The van der Waals surface area contributed by atoms with Crippen LogP contribution in [-0.4, -0.2) is 4.98 Å². The topological polar surface area (TPSA) is 12.9 Å². The first-order valence-corrected chi connectivity index (χ1v) is 13.0. The zero-order chi connectivity index (χ0) is 24.7. The van der Waals surface area contributed by atoms with Crippen molar-refractivity contribution in [2.24, 2.45) is 0 Å². The minimum atomic E-state index is -0.0772. The van der Waals surface area contributed by atoms with E-state index in [0.29, 0.717) is 0 Å². The van der Waals surface area contributed by atoms with Crippen molar-refractivity contribution in [1.29, 1.82) is 0 Å². The third kappa shape index (κ3) is 2.83. The predicted octanol–water partition coefficient (Wildman–Crippen LogP) is 9.67. The Hall–Kier alpha value is -4.49. The van der Waals surface area contributed by atoms with E-state index in [1.54, 1.807) is 0 Å². The van der Waals surface area contributed by atoms with Gasteiger partial charge in [-0.1, -0.05) is 92.7 Å². The number of benzene rings is 6. The van der Waals surface area contributed by atoms with Gasteiger partial charge in [0.25, 0.3) is 0 Å². The van der Waals surface area contributed by atoms with Gasteiger partial charge in [0.1, 0.15) is 0 Å². The van der Waals surface area contributed by atoms with Gasteiger partial charge in [0, 0.05) is 17.0 Å². The molecule has 1 aliphatic rings. The fraction of sp³-hybridized carbons (Fsp3) is 0.0833. The number of hydrogen-bond acceptors (Lipinski definition) is 1. The molecule has 1 aromatic heterocycles. The summed E-state index contributed by atoms with van der Waals surface area (Å²) >= 11 is 0. The molecule has 0 spiro atoms. The van der Waals surface area contributed by atoms with Gasteiger partial charge in [-0.15, -0.1) is 0 Å². The van der Waals surface area contributed by atoms with E-state index in [2.05, 4.69) is 122 Å². The van der Waals surface area contributed by atoms with Gasteiger partial charge >= 0.3 is 0 Å². The Bertz CT molecular complexity index is 2030. The van der Waals surface area contributed by atoms with Crippen molar-refractivity contribution in [2.75, 3.05) is 0 Å². The van der Waals surface area contributed by atoms with Crippen LogP contribution in [-0.2, 0) is 5.41 Å². The van der Waals surface area contributed by atoms with Crippen LogP contribution in [0.4, 0.5) is 0 Å². The molecule has 0 amide bonds. The van der Waals surface area contributed by atoms with Crippen molar-refractivity contribution in [3.63, 3.8) is 0 Å². The lowest BCUT2D eigenvalue weighted by Crippen LogP contribution is -2.15. The summed E-state index contributed by atoms with van der Waals surface area (Å²) < 4.78 is 0. The molecule has 37 heavy (non-hydrogen) atoms. The molecule has 0 N–H and O–H groups in total. The van der Waals surface area contributed by atoms with Crippen molar-refractivity contribution in [1.82, 2.24) is 4.98 Å². The summed E-state index contributed by atoms with van der Waals surface area (Å²) in [6, 6.07) is 40.4. The third-order valence-corrected chi connectivity index (χ3v) is 8.48. The highest BCUT2D eigenvalue weighted by Gasteiger charge is 2.36. The molecule has 1 aliphatic carbocycles. The Morgan fingerprint density at radius 1 is 0.486 bits per heavy atom. The maximum absolute atomic E-state index is 4.63. The number of nitrogens with zero attached hydrogens (tertiary/aromatic N) is 1. The van der Waals surface area contributed by atoms with Gasteiger partial charge in [-0.3, -0.25) is 4.98 Å². The van der Waals surface area contributed by atoms with Crippen molar-refractivity contribution >= 4 is 43.2 Å². The molecule has 0 radical (unpaired) electrons. The summed E-state index contributed by atoms with van der Waals surface area (Å²) in [5, 5.41) is 9.08. The summed E-state index contributed by atoms with van der Waals surface area (Å²) in [5.74, 6) is 0. The van der Waals surface area contributed by atoms with Gasteiger partial charge in [-0.2, -0.15) is 0 Å². The molecule has 0 aliphatic heterocycles. The molecule has 7 aromatic rings. The highest BCUT2D eigenvalue weighted by molar-refractivity contribution is 6.25. The summed E-state index contributed by atoms with van der Waals surface area (Å²) in [4.78, 5) is 4.63. The third-order valence-electron chi connectivity index (χ3n) is 8.48. The van der Waals surface area contributed by atoms with E-state index in [1.807, 2.05) is 12.3 Å². The lowest BCUT2D eigenvalue weighted by Gasteiger charge is -2.22. The minimum Gasteiger partial charge on any atom is -0.256 e. The van der Waals surface area contributed by atoms with Crippen LogP contribution in [0, 0.1) is 0 Å². The summed E-state index contributed by atoms with van der Waals surface area (Å²) in [6.07, 6.45) is 1.88. The van der Waals surface area contributed by atoms with E-state index >= 15 is 0 Å². The Morgan fingerprint density at radius 3 is 1.81 bits per heavy atom. The van der Waals surface area contributed by atoms with Crippen molar-refractivity contribution < 1.29 is 0 Å². The zero-order valence-electron chi connectivity index (χ0n) is 20.9. The molecule has 6 aromatic carbocycles. The highest BCUT2D eigenvalue weighted by atomic mass is 14.6. The van der Waals surface area contributed by atoms with Crippen LogP contribution in [0.1, 0.15) is 25.0 Å². The van der Waals surface area contributed by atoms with Crippen LogP contribution in [0.15, 0.2) is 115 Å². The second-order valence-electron chi connectivity index (χ2n) is 10.8. The highest BCUT2D eigenvalue weighted by Crippen LogP contribution is 2.50. The van der Waals surface area contributed by atoms with Gasteiger partial charge in [-0.05, 0) is 96.0 Å². The molecule has 0 fully saturated rings. The molecule has 8 rings (SSSR count). The SMILES string of the molecule is CC1(C)c2cc(-c3ccc4c5ccccc5c5ccccc5c4c3)ccc2-c2cc3cccnc3cc21. The first-order chi connectivity index (χ1) is 18.1. The Kier molecular flexibility index (Phi) is 4.06. The van der Waals surface area contributed by atoms with Gasteiger partial charge < -0.3 is 0 Å². The molecule has 174 valence electrons. The normalized spacial score (nSPS) is 13.9. The quantitative estimate of drug-likeness (QED) is 0.217. The largest absolute Gasteiger partial charge is 0.256 e. The maximum atomic E-state index is 4.63. The monoisotopic (exact) mass is 471 g/mol. The molecule has 0 unspecified atom stereocenters. The lowest BCUT2D eigenvalue weighted by atomic mass is 9.81. The molecular weight excluding hydrogens is 446 g/mol. The summed E-state index contributed by atoms with van der Waals surface area (Å²) in [7, 11) is 0. The average molecular weight is 472 g/mol. The molecule has 1 heteroatoms. The van der Waals surface area contributed by atoms with Gasteiger partial charge in [0.15, 0.2) is 0 Å². The molecular formula is C36H25N. The second-order valence-corrected chi connectivity index (χ2v) is 10.8. The number of aromatic nitrogens is 1. The summed E-state index contributed by atoms with van der Waals surface area (Å²) in [6.45, 7) is 4.69. The van der Waals surface area contributed by atoms with Crippen molar-refractivity contribution in [3.8, 4) is 22.3 Å². The van der Waals surface area contributed by atoms with Gasteiger partial charge in [0.2, 0.25) is 0 Å². The molecule has 1 heterocycles. The van der Waals surface area contributed by atoms with Crippen molar-refractivity contribution in [3.05, 3.63) is 127 Å². The number of fused-ring (bicyclic) bond motifs is 10. The van der Waals surface area contributed by atoms with E-state index in [0.717, 1.165) is 5.52 Å². The first-order valence-electron chi connectivity index (χ1n) is 13.0. The zero-order valence-corrected chi connectivity index (χ0v) is 20.9. The Morgan fingerprint density at radius 2 is 1.08 bits per heavy atom. The number of pyridine rings is 1. The first kappa shape index (κ1) is 20.7. The van der Waals surface area contributed by atoms with E-state index < -0.39 is 0 Å². The minimum absolute atomic E-state index is 0.0772. The van der Waals surface area contributed by atoms with E-state index in [1.165, 1.54) is 71.1 Å². The standard InChI is InChI=1S/C36H25N/c1-36(2)33-20-23(14-16-30(33)32-19-24-8-7-17-37-35(24)21-34(32)36)22-13-15-29-27-11-4-3-9-25(27)26-10-5-6-12-28(26)31(29)18-22/h3-21H,1-2H3.